The summed E-state index contributed by atoms with van der Waals surface area (Å²) in [6.07, 6.45) is 5.35. The third kappa shape index (κ3) is 3.68. The molecule has 0 unspecified atom stereocenters. The summed E-state index contributed by atoms with van der Waals surface area (Å²) in [6, 6.07) is 1.84. The van der Waals surface area contributed by atoms with Crippen LogP contribution in [0.4, 0.5) is 0 Å². The van der Waals surface area contributed by atoms with Crippen molar-refractivity contribution in [1.82, 2.24) is 15.3 Å². The van der Waals surface area contributed by atoms with Crippen LogP contribution in [0.2, 0.25) is 0 Å². The van der Waals surface area contributed by atoms with Crippen molar-refractivity contribution in [3.05, 3.63) is 22.8 Å². The molecule has 2 atom stereocenters. The summed E-state index contributed by atoms with van der Waals surface area (Å²) in [7, 11) is 0. The van der Waals surface area contributed by atoms with Gasteiger partial charge in [0.05, 0.1) is 39.6 Å². The average molecular weight is 361 g/mol. The molecule has 1 aliphatic carbocycles. The van der Waals surface area contributed by atoms with E-state index in [0.717, 1.165) is 28.2 Å². The van der Waals surface area contributed by atoms with Crippen molar-refractivity contribution in [1.29, 1.82) is 0 Å². The number of thiazole rings is 1. The molecule has 2 aromatic heterocycles. The van der Waals surface area contributed by atoms with Gasteiger partial charge in [0.1, 0.15) is 0 Å². The Labute approximate surface area is 150 Å². The van der Waals surface area contributed by atoms with Crippen LogP contribution in [0.25, 0.3) is 10.3 Å². The molecule has 0 aromatic carbocycles. The van der Waals surface area contributed by atoms with E-state index in [1.807, 2.05) is 6.07 Å². The normalized spacial score (nSPS) is 24.4. The molecule has 1 aliphatic heterocycles. The molecule has 2 aliphatic rings. The number of carbonyl (C=O) groups is 1. The van der Waals surface area contributed by atoms with Gasteiger partial charge in [0.2, 0.25) is 0 Å². The Balaban J connectivity index is 1.40. The Kier molecular flexibility index (Phi) is 4.25. The molecule has 2 fully saturated rings. The van der Waals surface area contributed by atoms with Gasteiger partial charge in [0, 0.05) is 12.1 Å². The van der Waals surface area contributed by atoms with Crippen LogP contribution in [-0.2, 0) is 4.74 Å². The van der Waals surface area contributed by atoms with Gasteiger partial charge >= 0.3 is 0 Å². The zero-order valence-electron chi connectivity index (χ0n) is 14.5. The number of ether oxygens (including phenoxy) is 1. The maximum absolute atomic E-state index is 12.5. The first-order valence-electron chi connectivity index (χ1n) is 8.81. The molecule has 1 saturated carbocycles. The smallest absolute Gasteiger partial charge is 0.253 e. The molecule has 2 N–H and O–H groups in total. The minimum absolute atomic E-state index is 0.0368. The van der Waals surface area contributed by atoms with E-state index in [1.54, 1.807) is 31.4 Å². The van der Waals surface area contributed by atoms with E-state index in [2.05, 4.69) is 15.3 Å². The number of hydrogen-bond donors (Lipinski definition) is 2. The summed E-state index contributed by atoms with van der Waals surface area (Å²) in [5.41, 5.74) is 0.440. The minimum Gasteiger partial charge on any atom is -0.388 e. The van der Waals surface area contributed by atoms with E-state index in [9.17, 15) is 9.90 Å². The number of nitrogens with zero attached hydrogens (tertiary/aromatic N) is 2. The third-order valence-electron chi connectivity index (χ3n) is 4.85. The molecule has 0 bridgehead atoms. The Bertz CT molecular complexity index is 786. The van der Waals surface area contributed by atoms with Crippen LogP contribution in [0.1, 0.15) is 60.8 Å². The fourth-order valence-corrected chi connectivity index (χ4v) is 4.29. The predicted octanol–water partition coefficient (Wildman–Crippen LogP) is 2.62. The van der Waals surface area contributed by atoms with Crippen molar-refractivity contribution in [2.75, 3.05) is 6.61 Å². The summed E-state index contributed by atoms with van der Waals surface area (Å²) in [5.74, 6) is 0.464. The fourth-order valence-electron chi connectivity index (χ4n) is 3.16. The average Bonchev–Trinajstić information content (AvgIpc) is 3.33. The molecule has 25 heavy (non-hydrogen) atoms. The summed E-state index contributed by atoms with van der Waals surface area (Å²) < 4.78 is 6.68. The Hall–Kier alpha value is -1.57. The molecule has 4 rings (SSSR count). The highest BCUT2D eigenvalue weighted by atomic mass is 32.1. The number of aliphatic hydroxyl groups is 1. The summed E-state index contributed by atoms with van der Waals surface area (Å²) in [6.45, 7) is 3.92. The van der Waals surface area contributed by atoms with Crippen molar-refractivity contribution in [3.8, 4) is 0 Å². The predicted molar refractivity (Wildman–Crippen MR) is 95.9 cm³/mol. The second-order valence-corrected chi connectivity index (χ2v) is 8.66. The van der Waals surface area contributed by atoms with E-state index in [1.165, 1.54) is 12.8 Å². The summed E-state index contributed by atoms with van der Waals surface area (Å²) in [4.78, 5) is 21.4. The van der Waals surface area contributed by atoms with Crippen LogP contribution in [0.15, 0.2) is 12.3 Å². The quantitative estimate of drug-likeness (QED) is 0.874. The number of rotatable bonds is 4. The second kappa shape index (κ2) is 6.30. The van der Waals surface area contributed by atoms with Crippen LogP contribution >= 0.6 is 11.3 Å². The number of amides is 1. The largest absolute Gasteiger partial charge is 0.388 e. The van der Waals surface area contributed by atoms with Gasteiger partial charge in [0.25, 0.3) is 5.91 Å². The van der Waals surface area contributed by atoms with Gasteiger partial charge in [-0.05, 0) is 45.6 Å². The van der Waals surface area contributed by atoms with E-state index >= 15 is 0 Å². The lowest BCUT2D eigenvalue weighted by Crippen LogP contribution is -2.48. The molecule has 3 heterocycles. The SMILES string of the molecule is CC(C)(O)[C@H]1CC[C@H](NC(=O)c2cnc3nc(C4CC4)sc3c2)CO1. The van der Waals surface area contributed by atoms with Crippen molar-refractivity contribution >= 4 is 27.6 Å². The van der Waals surface area contributed by atoms with Gasteiger partial charge in [-0.3, -0.25) is 4.79 Å². The highest BCUT2D eigenvalue weighted by molar-refractivity contribution is 7.18. The fraction of sp³-hybridized carbons (Fsp3) is 0.611. The van der Waals surface area contributed by atoms with Crippen LogP contribution in [0.5, 0.6) is 0 Å². The van der Waals surface area contributed by atoms with Gasteiger partial charge in [0.15, 0.2) is 5.65 Å². The van der Waals surface area contributed by atoms with Gasteiger partial charge in [-0.2, -0.15) is 0 Å². The molecule has 1 amide bonds. The zero-order chi connectivity index (χ0) is 17.6. The van der Waals surface area contributed by atoms with Crippen molar-refractivity contribution in [3.63, 3.8) is 0 Å². The number of aromatic nitrogens is 2. The summed E-state index contributed by atoms with van der Waals surface area (Å²) in [5, 5.41) is 14.2. The first-order chi connectivity index (χ1) is 11.9. The van der Waals surface area contributed by atoms with E-state index < -0.39 is 5.60 Å². The van der Waals surface area contributed by atoms with Crippen LogP contribution in [-0.4, -0.2) is 45.3 Å². The number of carbonyl (C=O) groups excluding carboxylic acids is 1. The number of hydrogen-bond acceptors (Lipinski definition) is 6. The third-order valence-corrected chi connectivity index (χ3v) is 6.01. The molecular formula is C18H23N3O3S. The van der Waals surface area contributed by atoms with Gasteiger partial charge in [-0.1, -0.05) is 0 Å². The minimum atomic E-state index is -0.852. The monoisotopic (exact) mass is 361 g/mol. The molecule has 0 radical (unpaired) electrons. The molecular weight excluding hydrogens is 338 g/mol. The molecule has 2 aromatic rings. The molecule has 6 nitrogen and oxygen atoms in total. The highest BCUT2D eigenvalue weighted by Crippen LogP contribution is 2.43. The van der Waals surface area contributed by atoms with Gasteiger partial charge < -0.3 is 15.2 Å². The lowest BCUT2D eigenvalue weighted by molar-refractivity contribution is -0.114. The Morgan fingerprint density at radius 1 is 1.36 bits per heavy atom. The standard InChI is InChI=1S/C18H23N3O3S/c1-18(2,23)14-6-5-12(9-24-14)20-16(22)11-7-13-15(19-8-11)21-17(25-13)10-3-4-10/h7-8,10,12,14,23H,3-6,9H2,1-2H3,(H,20,22)/t12-,14+/m0/s1. The molecule has 0 spiro atoms. The first-order valence-corrected chi connectivity index (χ1v) is 9.63. The Morgan fingerprint density at radius 2 is 2.16 bits per heavy atom. The topological polar surface area (TPSA) is 84.3 Å². The van der Waals surface area contributed by atoms with Crippen molar-refractivity contribution in [2.24, 2.45) is 0 Å². The van der Waals surface area contributed by atoms with Crippen molar-refractivity contribution < 1.29 is 14.6 Å². The maximum atomic E-state index is 12.5. The molecule has 7 heteroatoms. The second-order valence-electron chi connectivity index (χ2n) is 7.60. The lowest BCUT2D eigenvalue weighted by atomic mass is 9.93. The zero-order valence-corrected chi connectivity index (χ0v) is 15.3. The van der Waals surface area contributed by atoms with E-state index in [4.69, 9.17) is 4.74 Å². The number of pyridine rings is 1. The maximum Gasteiger partial charge on any atom is 0.253 e. The van der Waals surface area contributed by atoms with Gasteiger partial charge in [-0.25, -0.2) is 9.97 Å². The lowest BCUT2D eigenvalue weighted by Gasteiger charge is -2.36. The van der Waals surface area contributed by atoms with Crippen molar-refractivity contribution in [2.45, 2.75) is 63.2 Å². The first kappa shape index (κ1) is 16.9. The van der Waals surface area contributed by atoms with E-state index in [0.29, 0.717) is 18.1 Å². The van der Waals surface area contributed by atoms with Crippen LogP contribution < -0.4 is 5.32 Å². The number of fused-ring (bicyclic) bond motifs is 1. The van der Waals surface area contributed by atoms with E-state index in [-0.39, 0.29) is 18.1 Å². The van der Waals surface area contributed by atoms with Crippen LogP contribution in [0, 0.1) is 0 Å². The van der Waals surface area contributed by atoms with Gasteiger partial charge in [-0.15, -0.1) is 11.3 Å². The highest BCUT2D eigenvalue weighted by Gasteiger charge is 2.33. The molecule has 134 valence electrons. The molecule has 1 saturated heterocycles. The van der Waals surface area contributed by atoms with Crippen LogP contribution in [0.3, 0.4) is 0 Å². The Morgan fingerprint density at radius 3 is 2.80 bits per heavy atom. The summed E-state index contributed by atoms with van der Waals surface area (Å²) >= 11 is 1.64. The number of nitrogens with one attached hydrogen (secondary N) is 1.